The summed E-state index contributed by atoms with van der Waals surface area (Å²) < 4.78 is 23.4. The van der Waals surface area contributed by atoms with E-state index in [1.54, 1.807) is 0 Å². The Labute approximate surface area is 116 Å². The maximum Gasteiger partial charge on any atom is 0.277 e. The Morgan fingerprint density at radius 1 is 1.15 bits per heavy atom. The van der Waals surface area contributed by atoms with E-state index in [2.05, 4.69) is 0 Å². The van der Waals surface area contributed by atoms with Crippen molar-refractivity contribution < 1.29 is 23.4 Å². The molecule has 1 heterocycles. The Morgan fingerprint density at radius 3 is 2.30 bits per heavy atom. The monoisotopic (exact) mass is 301 g/mol. The number of nitrogens with zero attached hydrogens (tertiary/aromatic N) is 2. The molecule has 0 unspecified atom stereocenters. The third-order valence-electron chi connectivity index (χ3n) is 3.13. The van der Waals surface area contributed by atoms with Crippen LogP contribution in [0.4, 0.5) is 0 Å². The molecule has 0 atom stereocenters. The lowest BCUT2D eigenvalue weighted by Crippen LogP contribution is -2.52. The van der Waals surface area contributed by atoms with E-state index < -0.39 is 21.9 Å². The fourth-order valence-electron chi connectivity index (χ4n) is 2.02. The topological polar surface area (TPSA) is 124 Å². The minimum absolute atomic E-state index is 0.0194. The molecule has 8 nitrogen and oxygen atoms in total. The van der Waals surface area contributed by atoms with Crippen molar-refractivity contribution in [1.82, 2.24) is 9.21 Å². The Kier molecular flexibility index (Phi) is 3.84. The van der Waals surface area contributed by atoms with Gasteiger partial charge in [-0.05, 0) is 12.1 Å². The van der Waals surface area contributed by atoms with Gasteiger partial charge in [-0.2, -0.15) is 12.7 Å². The van der Waals surface area contributed by atoms with E-state index in [1.165, 1.54) is 23.1 Å². The number of piperazine rings is 1. The Bertz CT molecular complexity index is 623. The zero-order valence-electron chi connectivity index (χ0n) is 10.6. The number of benzene rings is 1. The van der Waals surface area contributed by atoms with Crippen LogP contribution in [-0.4, -0.2) is 59.9 Å². The molecule has 1 amide bonds. The standard InChI is InChI=1S/C11H15N3O5S/c12-20(18,19)14-6-4-13(5-7-14)11(17)8-2-1-3-9(15)10(8)16/h1-3,15-16H,4-7H2,(H2,12,18,19). The predicted octanol–water partition coefficient (Wildman–Crippen LogP) is -0.941. The molecule has 1 aliphatic rings. The number of carbonyl (C=O) groups excluding carboxylic acids is 1. The highest BCUT2D eigenvalue weighted by molar-refractivity contribution is 7.86. The summed E-state index contributed by atoms with van der Waals surface area (Å²) in [7, 11) is -3.75. The average Bonchev–Trinajstić information content (AvgIpc) is 2.40. The number of phenols is 2. The normalized spacial score (nSPS) is 17.1. The van der Waals surface area contributed by atoms with Crippen LogP contribution in [0.1, 0.15) is 10.4 Å². The van der Waals surface area contributed by atoms with Crippen molar-refractivity contribution in [3.63, 3.8) is 0 Å². The molecule has 20 heavy (non-hydrogen) atoms. The summed E-state index contributed by atoms with van der Waals surface area (Å²) in [5, 5.41) is 24.0. The molecule has 1 aromatic carbocycles. The van der Waals surface area contributed by atoms with Crippen LogP contribution in [0.5, 0.6) is 11.5 Å². The lowest BCUT2D eigenvalue weighted by molar-refractivity contribution is 0.0694. The van der Waals surface area contributed by atoms with Crippen molar-refractivity contribution in [2.75, 3.05) is 26.2 Å². The first-order valence-corrected chi connectivity index (χ1v) is 7.39. The maximum absolute atomic E-state index is 12.2. The number of nitrogens with two attached hydrogens (primary N) is 1. The quantitative estimate of drug-likeness (QED) is 0.608. The summed E-state index contributed by atoms with van der Waals surface area (Å²) in [6.45, 7) is 0.545. The van der Waals surface area contributed by atoms with Crippen LogP contribution in [0.15, 0.2) is 18.2 Å². The third-order valence-corrected chi connectivity index (χ3v) is 4.22. The number of amides is 1. The average molecular weight is 301 g/mol. The fraction of sp³-hybridized carbons (Fsp3) is 0.364. The highest BCUT2D eigenvalue weighted by Crippen LogP contribution is 2.29. The van der Waals surface area contributed by atoms with E-state index in [9.17, 15) is 23.4 Å². The van der Waals surface area contributed by atoms with Crippen LogP contribution in [0.25, 0.3) is 0 Å². The maximum atomic E-state index is 12.2. The van der Waals surface area contributed by atoms with E-state index in [-0.39, 0.29) is 37.5 Å². The molecule has 110 valence electrons. The molecule has 1 saturated heterocycles. The van der Waals surface area contributed by atoms with Crippen LogP contribution in [0, 0.1) is 0 Å². The van der Waals surface area contributed by atoms with Crippen LogP contribution in [-0.2, 0) is 10.2 Å². The van der Waals surface area contributed by atoms with Gasteiger partial charge in [-0.1, -0.05) is 6.07 Å². The smallest absolute Gasteiger partial charge is 0.277 e. The molecule has 2 rings (SSSR count). The van der Waals surface area contributed by atoms with Crippen molar-refractivity contribution in [2.45, 2.75) is 0 Å². The first-order chi connectivity index (χ1) is 9.30. The summed E-state index contributed by atoms with van der Waals surface area (Å²) in [5.74, 6) is -1.32. The number of rotatable bonds is 2. The van der Waals surface area contributed by atoms with E-state index in [0.717, 1.165) is 4.31 Å². The molecule has 0 saturated carbocycles. The third kappa shape index (κ3) is 2.84. The number of hydrogen-bond acceptors (Lipinski definition) is 5. The Morgan fingerprint density at radius 2 is 1.75 bits per heavy atom. The molecule has 1 aliphatic heterocycles. The van der Waals surface area contributed by atoms with Gasteiger partial charge in [0.2, 0.25) is 0 Å². The van der Waals surface area contributed by atoms with Crippen LogP contribution in [0.3, 0.4) is 0 Å². The largest absolute Gasteiger partial charge is 0.504 e. The summed E-state index contributed by atoms with van der Waals surface area (Å²) >= 11 is 0. The van der Waals surface area contributed by atoms with Crippen molar-refractivity contribution in [3.05, 3.63) is 23.8 Å². The molecule has 0 radical (unpaired) electrons. The van der Waals surface area contributed by atoms with Gasteiger partial charge in [-0.25, -0.2) is 5.14 Å². The summed E-state index contributed by atoms with van der Waals surface area (Å²) in [5.41, 5.74) is -0.0194. The lowest BCUT2D eigenvalue weighted by Gasteiger charge is -2.33. The zero-order chi connectivity index (χ0) is 14.9. The molecule has 0 aromatic heterocycles. The second-order valence-corrected chi connectivity index (χ2v) is 5.96. The minimum Gasteiger partial charge on any atom is -0.504 e. The number of aromatic hydroxyl groups is 2. The molecular formula is C11H15N3O5S. The Hall–Kier alpha value is -1.84. The van der Waals surface area contributed by atoms with E-state index >= 15 is 0 Å². The second-order valence-electron chi connectivity index (χ2n) is 4.41. The molecule has 1 aromatic rings. The number of phenolic OH excluding ortho intramolecular Hbond substituents is 2. The second kappa shape index (κ2) is 5.27. The van der Waals surface area contributed by atoms with Crippen molar-refractivity contribution in [3.8, 4) is 11.5 Å². The van der Waals surface area contributed by atoms with Gasteiger partial charge in [0.15, 0.2) is 11.5 Å². The van der Waals surface area contributed by atoms with Crippen LogP contribution >= 0.6 is 0 Å². The number of hydrogen-bond donors (Lipinski definition) is 3. The van der Waals surface area contributed by atoms with E-state index in [0.29, 0.717) is 0 Å². The molecule has 0 aliphatic carbocycles. The molecular weight excluding hydrogens is 286 g/mol. The highest BCUT2D eigenvalue weighted by atomic mass is 32.2. The minimum atomic E-state index is -3.75. The van der Waals surface area contributed by atoms with Gasteiger partial charge in [-0.3, -0.25) is 4.79 Å². The van der Waals surface area contributed by atoms with Gasteiger partial charge in [-0.15, -0.1) is 0 Å². The van der Waals surface area contributed by atoms with Gasteiger partial charge in [0.1, 0.15) is 0 Å². The van der Waals surface area contributed by atoms with Gasteiger partial charge < -0.3 is 15.1 Å². The van der Waals surface area contributed by atoms with Crippen LogP contribution in [0.2, 0.25) is 0 Å². The lowest BCUT2D eigenvalue weighted by atomic mass is 10.1. The van der Waals surface area contributed by atoms with E-state index in [4.69, 9.17) is 5.14 Å². The fourth-order valence-corrected chi connectivity index (χ4v) is 2.69. The van der Waals surface area contributed by atoms with Crippen LogP contribution < -0.4 is 5.14 Å². The molecule has 0 bridgehead atoms. The predicted molar refractivity (Wildman–Crippen MR) is 70.4 cm³/mol. The first kappa shape index (κ1) is 14.6. The number of para-hydroxylation sites is 1. The van der Waals surface area contributed by atoms with E-state index in [1.807, 2.05) is 0 Å². The molecule has 9 heteroatoms. The van der Waals surface area contributed by atoms with Gasteiger partial charge in [0.05, 0.1) is 5.56 Å². The Balaban J connectivity index is 2.11. The summed E-state index contributed by atoms with van der Waals surface area (Å²) in [6, 6.07) is 4.11. The number of carbonyl (C=O) groups is 1. The summed E-state index contributed by atoms with van der Waals surface area (Å²) in [6.07, 6.45) is 0. The summed E-state index contributed by atoms with van der Waals surface area (Å²) in [4.78, 5) is 13.6. The molecule has 4 N–H and O–H groups in total. The SMILES string of the molecule is NS(=O)(=O)N1CCN(C(=O)c2cccc(O)c2O)CC1. The highest BCUT2D eigenvalue weighted by Gasteiger charge is 2.28. The molecule has 1 fully saturated rings. The van der Waals surface area contributed by atoms with Gasteiger partial charge >= 0.3 is 0 Å². The van der Waals surface area contributed by atoms with Crippen molar-refractivity contribution in [2.24, 2.45) is 5.14 Å². The van der Waals surface area contributed by atoms with Gasteiger partial charge in [0, 0.05) is 26.2 Å². The first-order valence-electron chi connectivity index (χ1n) is 5.89. The molecule has 0 spiro atoms. The zero-order valence-corrected chi connectivity index (χ0v) is 11.4. The van der Waals surface area contributed by atoms with Crippen molar-refractivity contribution in [1.29, 1.82) is 0 Å². The van der Waals surface area contributed by atoms with Gasteiger partial charge in [0.25, 0.3) is 16.1 Å². The van der Waals surface area contributed by atoms with Crippen molar-refractivity contribution >= 4 is 16.1 Å².